The molecular formula is C28H29BrN2O7. The summed E-state index contributed by atoms with van der Waals surface area (Å²) in [5, 5.41) is 3.04. The van der Waals surface area contributed by atoms with Crippen LogP contribution in [-0.2, 0) is 34.1 Å². The zero-order valence-electron chi connectivity index (χ0n) is 21.8. The van der Waals surface area contributed by atoms with Gasteiger partial charge >= 0.3 is 12.1 Å². The summed E-state index contributed by atoms with van der Waals surface area (Å²) >= 11 is 3.36. The Morgan fingerprint density at radius 1 is 1.08 bits per heavy atom. The molecule has 1 aliphatic heterocycles. The van der Waals surface area contributed by atoms with Crippen LogP contribution in [-0.4, -0.2) is 47.3 Å². The second-order valence-corrected chi connectivity index (χ2v) is 11.2. The minimum Gasteiger partial charge on any atom is -0.466 e. The Hall–Kier alpha value is -3.53. The Morgan fingerprint density at radius 3 is 2.29 bits per heavy atom. The molecule has 0 saturated heterocycles. The summed E-state index contributed by atoms with van der Waals surface area (Å²) in [5.41, 5.74) is -4.55. The maximum Gasteiger partial charge on any atom is 0.421 e. The van der Waals surface area contributed by atoms with Crippen LogP contribution in [0.25, 0.3) is 0 Å². The highest BCUT2D eigenvalue weighted by Gasteiger charge is 2.78. The molecule has 200 valence electrons. The van der Waals surface area contributed by atoms with Crippen LogP contribution in [0.3, 0.4) is 0 Å². The molecule has 1 heterocycles. The van der Waals surface area contributed by atoms with Crippen molar-refractivity contribution in [3.05, 3.63) is 58.6 Å². The van der Waals surface area contributed by atoms with Gasteiger partial charge in [0.2, 0.25) is 0 Å². The third-order valence-electron chi connectivity index (χ3n) is 6.88. The molecule has 1 N–H and O–H groups in total. The van der Waals surface area contributed by atoms with Gasteiger partial charge in [0.1, 0.15) is 11.0 Å². The maximum absolute atomic E-state index is 14.6. The molecule has 9 nitrogen and oxygen atoms in total. The van der Waals surface area contributed by atoms with Crippen LogP contribution in [0.15, 0.2) is 53.0 Å². The summed E-state index contributed by atoms with van der Waals surface area (Å²) in [4.78, 5) is 69.9. The molecule has 3 atom stereocenters. The van der Waals surface area contributed by atoms with Gasteiger partial charge in [0, 0.05) is 16.6 Å². The molecule has 2 aromatic rings. The number of fused-ring (bicyclic) bond motifs is 2. The van der Waals surface area contributed by atoms with Gasteiger partial charge < -0.3 is 14.8 Å². The molecule has 1 fully saturated rings. The zero-order chi connectivity index (χ0) is 28.0. The SMILES string of the molecule is CCOC(=O)[C@@H]1CC(=O)[C@](Nc2ccc(Br)cc2)(C(C)=O)[C@@]12C(=O)N(C(=O)OC(C)(C)C)c1ccccc12. The number of imide groups is 1. The third kappa shape index (κ3) is 4.02. The van der Waals surface area contributed by atoms with E-state index >= 15 is 0 Å². The molecule has 1 saturated carbocycles. The number of para-hydroxylation sites is 1. The van der Waals surface area contributed by atoms with Crippen molar-refractivity contribution >= 4 is 56.8 Å². The number of esters is 1. The second kappa shape index (κ2) is 9.65. The Morgan fingerprint density at radius 2 is 1.71 bits per heavy atom. The number of halogens is 1. The van der Waals surface area contributed by atoms with Crippen LogP contribution < -0.4 is 10.2 Å². The fraction of sp³-hybridized carbons (Fsp3) is 0.393. The van der Waals surface area contributed by atoms with Crippen LogP contribution in [0.5, 0.6) is 0 Å². The van der Waals surface area contributed by atoms with Crippen molar-refractivity contribution in [2.45, 2.75) is 57.6 Å². The predicted octanol–water partition coefficient (Wildman–Crippen LogP) is 4.56. The Labute approximate surface area is 229 Å². The van der Waals surface area contributed by atoms with Gasteiger partial charge in [0.25, 0.3) is 5.91 Å². The van der Waals surface area contributed by atoms with Crippen LogP contribution in [0.4, 0.5) is 16.2 Å². The van der Waals surface area contributed by atoms with Gasteiger partial charge in [-0.05, 0) is 70.5 Å². The van der Waals surface area contributed by atoms with E-state index in [4.69, 9.17) is 9.47 Å². The first kappa shape index (κ1) is 27.5. The largest absolute Gasteiger partial charge is 0.466 e. The highest BCUT2D eigenvalue weighted by atomic mass is 79.9. The number of carbonyl (C=O) groups is 5. The van der Waals surface area contributed by atoms with Gasteiger partial charge in [-0.1, -0.05) is 34.1 Å². The lowest BCUT2D eigenvalue weighted by Gasteiger charge is -2.42. The Kier molecular flexibility index (Phi) is 6.98. The number of amides is 2. The third-order valence-corrected chi connectivity index (χ3v) is 7.41. The average Bonchev–Trinajstić information content (AvgIpc) is 3.25. The molecule has 1 aliphatic carbocycles. The molecule has 38 heavy (non-hydrogen) atoms. The lowest BCUT2D eigenvalue weighted by atomic mass is 9.61. The van der Waals surface area contributed by atoms with Crippen molar-refractivity contribution in [2.24, 2.45) is 5.92 Å². The normalized spacial score (nSPS) is 24.4. The fourth-order valence-electron chi connectivity index (χ4n) is 5.55. The number of hydrogen-bond acceptors (Lipinski definition) is 8. The van der Waals surface area contributed by atoms with E-state index in [1.165, 1.54) is 13.0 Å². The van der Waals surface area contributed by atoms with Crippen LogP contribution in [0.2, 0.25) is 0 Å². The Balaban J connectivity index is 2.05. The van der Waals surface area contributed by atoms with E-state index < -0.39 is 58.4 Å². The predicted molar refractivity (Wildman–Crippen MR) is 143 cm³/mol. The van der Waals surface area contributed by atoms with Gasteiger partial charge in [0.05, 0.1) is 18.2 Å². The first-order valence-electron chi connectivity index (χ1n) is 12.2. The van der Waals surface area contributed by atoms with Gasteiger partial charge in [-0.2, -0.15) is 0 Å². The quantitative estimate of drug-likeness (QED) is 0.401. The highest BCUT2D eigenvalue weighted by Crippen LogP contribution is 2.59. The lowest BCUT2D eigenvalue weighted by molar-refractivity contribution is -0.153. The molecule has 2 aliphatic rings. The van der Waals surface area contributed by atoms with Crippen LogP contribution >= 0.6 is 15.9 Å². The number of ether oxygens (including phenoxy) is 2. The number of hydrogen-bond donors (Lipinski definition) is 1. The molecule has 0 unspecified atom stereocenters. The highest BCUT2D eigenvalue weighted by molar-refractivity contribution is 9.10. The minimum atomic E-state index is -2.21. The number of ketones is 2. The molecule has 0 bridgehead atoms. The van der Waals surface area contributed by atoms with Gasteiger partial charge in [-0.25, -0.2) is 9.69 Å². The minimum absolute atomic E-state index is 0.00155. The number of nitrogens with one attached hydrogen (secondary N) is 1. The fourth-order valence-corrected chi connectivity index (χ4v) is 5.81. The van der Waals surface area contributed by atoms with E-state index in [0.717, 1.165) is 9.37 Å². The van der Waals surface area contributed by atoms with Crippen molar-refractivity contribution in [1.29, 1.82) is 0 Å². The van der Waals surface area contributed by atoms with Crippen molar-refractivity contribution in [3.8, 4) is 0 Å². The number of nitrogens with zero attached hydrogens (tertiary/aromatic N) is 1. The van der Waals surface area contributed by atoms with Crippen molar-refractivity contribution in [2.75, 3.05) is 16.8 Å². The van der Waals surface area contributed by atoms with Gasteiger partial charge in [-0.15, -0.1) is 0 Å². The number of benzene rings is 2. The summed E-state index contributed by atoms with van der Waals surface area (Å²) in [6, 6.07) is 13.0. The molecular weight excluding hydrogens is 556 g/mol. The van der Waals surface area contributed by atoms with Crippen molar-refractivity contribution < 1.29 is 33.4 Å². The summed E-state index contributed by atoms with van der Waals surface area (Å²) in [5.74, 6) is -4.41. The van der Waals surface area contributed by atoms with Crippen molar-refractivity contribution in [1.82, 2.24) is 0 Å². The van der Waals surface area contributed by atoms with E-state index in [0.29, 0.717) is 5.69 Å². The van der Waals surface area contributed by atoms with Crippen LogP contribution in [0, 0.1) is 5.92 Å². The van der Waals surface area contributed by atoms with Gasteiger partial charge in [-0.3, -0.25) is 19.2 Å². The Bertz CT molecular complexity index is 1330. The summed E-state index contributed by atoms with van der Waals surface area (Å²) < 4.78 is 11.6. The average molecular weight is 585 g/mol. The van der Waals surface area contributed by atoms with E-state index in [2.05, 4.69) is 21.2 Å². The topological polar surface area (TPSA) is 119 Å². The molecule has 10 heteroatoms. The molecule has 2 aromatic carbocycles. The summed E-state index contributed by atoms with van der Waals surface area (Å²) in [6.45, 7) is 7.77. The number of carbonyl (C=O) groups excluding carboxylic acids is 5. The summed E-state index contributed by atoms with van der Waals surface area (Å²) in [6.07, 6.45) is -1.42. The summed E-state index contributed by atoms with van der Waals surface area (Å²) in [7, 11) is 0. The smallest absolute Gasteiger partial charge is 0.421 e. The number of Topliss-reactive ketones (excluding diaryl/α,β-unsaturated/α-hetero) is 2. The first-order valence-corrected chi connectivity index (χ1v) is 13.0. The lowest BCUT2D eigenvalue weighted by Crippen LogP contribution is -2.68. The van der Waals surface area contributed by atoms with E-state index in [1.807, 2.05) is 0 Å². The maximum atomic E-state index is 14.6. The molecule has 2 amide bonds. The standard InChI is InChI=1S/C28H29BrN2O7/c1-6-37-23(34)20-15-22(33)28(16(2)32,30-18-13-11-17(29)12-14-18)27(20)19-9-7-8-10-21(19)31(24(27)35)25(36)38-26(3,4)5/h7-14,20,30H,6,15H2,1-5H3/t20-,27+,28+/m0/s1. The molecule has 1 spiro atoms. The second-order valence-electron chi connectivity index (χ2n) is 10.3. The van der Waals surface area contributed by atoms with E-state index in [9.17, 15) is 24.0 Å². The monoisotopic (exact) mass is 584 g/mol. The zero-order valence-corrected chi connectivity index (χ0v) is 23.4. The van der Waals surface area contributed by atoms with Crippen LogP contribution in [0.1, 0.15) is 46.6 Å². The van der Waals surface area contributed by atoms with Crippen molar-refractivity contribution in [3.63, 3.8) is 0 Å². The van der Waals surface area contributed by atoms with E-state index in [-0.39, 0.29) is 17.9 Å². The van der Waals surface area contributed by atoms with Gasteiger partial charge in [0.15, 0.2) is 17.1 Å². The number of anilines is 2. The number of rotatable bonds is 5. The molecule has 0 radical (unpaired) electrons. The first-order chi connectivity index (χ1) is 17.8. The molecule has 0 aromatic heterocycles. The molecule has 4 rings (SSSR count). The van der Waals surface area contributed by atoms with E-state index in [1.54, 1.807) is 70.2 Å².